The van der Waals surface area contributed by atoms with Gasteiger partial charge in [-0.15, -0.1) is 0 Å². The average Bonchev–Trinajstić information content (AvgIpc) is 3.70. The van der Waals surface area contributed by atoms with Crippen molar-refractivity contribution in [1.82, 2.24) is 0 Å². The maximum absolute atomic E-state index is 12.9. The lowest BCUT2D eigenvalue weighted by Crippen LogP contribution is -2.30. The van der Waals surface area contributed by atoms with Gasteiger partial charge in [0.05, 0.1) is 26.4 Å². The van der Waals surface area contributed by atoms with Gasteiger partial charge in [0.15, 0.2) is 6.10 Å². The molecule has 0 saturated heterocycles. The monoisotopic (exact) mass is 1340 g/mol. The number of carbonyl (C=O) groups excluding carboxylic acids is 3. The van der Waals surface area contributed by atoms with Crippen LogP contribution in [0.25, 0.3) is 0 Å². The second-order valence-corrected chi connectivity index (χ2v) is 25.8. The third-order valence-electron chi connectivity index (χ3n) is 14.0. The lowest BCUT2D eigenvalue weighted by atomic mass is 10.1. The summed E-state index contributed by atoms with van der Waals surface area (Å²) in [4.78, 5) is 58.5. The molecule has 5 unspecified atom stereocenters. The number of carbonyl (C=O) groups is 3. The van der Waals surface area contributed by atoms with E-state index in [-0.39, 0.29) is 19.3 Å². The smallest absolute Gasteiger partial charge is 0.463 e. The number of phosphoric acid groups is 2. The number of hydrogen-bond donors (Lipinski definition) is 4. The molecule has 0 aliphatic heterocycles. The Morgan fingerprint density at radius 1 is 0.312 bits per heavy atom. The number of unbranched alkanes of at least 4 members (excludes halogenated alkanes) is 18. The van der Waals surface area contributed by atoms with Gasteiger partial charge < -0.3 is 34.2 Å². The van der Waals surface area contributed by atoms with Crippen molar-refractivity contribution in [2.75, 3.05) is 39.6 Å². The Balaban J connectivity index is 4.75. The topological polar surface area (TPSA) is 231 Å². The lowest BCUT2D eigenvalue weighted by Gasteiger charge is -2.21. The minimum atomic E-state index is -4.94. The highest BCUT2D eigenvalue weighted by atomic mass is 31.2. The van der Waals surface area contributed by atoms with Gasteiger partial charge in [-0.3, -0.25) is 32.5 Å². The van der Waals surface area contributed by atoms with E-state index in [0.717, 1.165) is 167 Å². The van der Waals surface area contributed by atoms with Crippen LogP contribution in [0.5, 0.6) is 0 Å². The van der Waals surface area contributed by atoms with Gasteiger partial charge in [0, 0.05) is 19.3 Å². The van der Waals surface area contributed by atoms with Gasteiger partial charge in [-0.2, -0.15) is 0 Å². The number of aliphatic hydroxyl groups excluding tert-OH is 2. The van der Waals surface area contributed by atoms with Gasteiger partial charge in [-0.05, 0) is 141 Å². The Bertz CT molecular complexity index is 2280. The standard InChI is InChI=1S/C75H124O16P2/c1-4-7-10-13-16-19-22-25-28-31-33-34-36-39-40-43-46-49-52-55-58-61-73(78)85-64-70(76)65-87-92(81,82)88-66-71(77)67-89-93(83,84)90-69-72(91-75(80)63-60-57-54-51-48-45-42-37-30-27-24-21-18-15-12-9-6-3)68-86-74(79)62-59-56-53-50-47-44-41-38-35-32-29-26-23-20-17-14-11-8-5-2/h8-9,11-12,16-21,25-30,33-35,38-40,42,45,70-72,76-77H,4-7,10,13-15,22-24,31-32,36-37,41,43-44,46-69H2,1-3H3,(H,81,82)(H,83,84)/b11-8-,12-9-,19-16-,20-17-,21-18-,28-25-,29-26-,30-27-,34-33-,38-35-,40-39-,45-42-. The Morgan fingerprint density at radius 3 is 0.903 bits per heavy atom. The van der Waals surface area contributed by atoms with Crippen LogP contribution in [0.4, 0.5) is 0 Å². The summed E-state index contributed by atoms with van der Waals surface area (Å²) < 4.78 is 60.9. The second-order valence-electron chi connectivity index (χ2n) is 22.9. The van der Waals surface area contributed by atoms with Gasteiger partial charge in [0.25, 0.3) is 0 Å². The quantitative estimate of drug-likeness (QED) is 0.0146. The van der Waals surface area contributed by atoms with Crippen molar-refractivity contribution < 1.29 is 75.8 Å². The average molecular weight is 1340 g/mol. The molecule has 0 rings (SSSR count). The van der Waals surface area contributed by atoms with Gasteiger partial charge in [-0.25, -0.2) is 9.13 Å². The first-order valence-corrected chi connectivity index (χ1v) is 38.1. The molecule has 5 atom stereocenters. The maximum atomic E-state index is 12.9. The number of ether oxygens (including phenoxy) is 3. The van der Waals surface area contributed by atoms with E-state index in [1.165, 1.54) is 25.7 Å². The van der Waals surface area contributed by atoms with Crippen LogP contribution in [0.1, 0.15) is 252 Å². The molecule has 0 bridgehead atoms. The first-order valence-electron chi connectivity index (χ1n) is 35.1. The Labute approximate surface area is 562 Å². The first-order chi connectivity index (χ1) is 45.2. The summed E-state index contributed by atoms with van der Waals surface area (Å²) in [5, 5.41) is 20.6. The minimum absolute atomic E-state index is 0.0673. The molecule has 0 radical (unpaired) electrons. The lowest BCUT2D eigenvalue weighted by molar-refractivity contribution is -0.161. The molecule has 4 N–H and O–H groups in total. The molecule has 530 valence electrons. The van der Waals surface area contributed by atoms with Gasteiger partial charge >= 0.3 is 33.6 Å². The third-order valence-corrected chi connectivity index (χ3v) is 15.9. The Kier molecular flexibility index (Phi) is 64.1. The number of esters is 3. The molecule has 16 nitrogen and oxygen atoms in total. The molecule has 0 saturated carbocycles. The van der Waals surface area contributed by atoms with E-state index in [9.17, 15) is 43.5 Å². The van der Waals surface area contributed by atoms with E-state index in [2.05, 4.69) is 167 Å². The minimum Gasteiger partial charge on any atom is -0.463 e. The highest BCUT2D eigenvalue weighted by Crippen LogP contribution is 2.45. The van der Waals surface area contributed by atoms with Crippen LogP contribution in [-0.4, -0.2) is 95.9 Å². The van der Waals surface area contributed by atoms with Crippen molar-refractivity contribution >= 4 is 33.6 Å². The van der Waals surface area contributed by atoms with Crippen molar-refractivity contribution in [3.63, 3.8) is 0 Å². The summed E-state index contributed by atoms with van der Waals surface area (Å²) in [5.41, 5.74) is 0. The summed E-state index contributed by atoms with van der Waals surface area (Å²) in [5.74, 6) is -1.65. The number of phosphoric ester groups is 2. The zero-order valence-corrected chi connectivity index (χ0v) is 59.2. The normalized spacial score (nSPS) is 15.0. The molecule has 0 aromatic carbocycles. The van der Waals surface area contributed by atoms with Crippen molar-refractivity contribution in [2.45, 2.75) is 270 Å². The zero-order chi connectivity index (χ0) is 68.1. The van der Waals surface area contributed by atoms with Crippen LogP contribution < -0.4 is 0 Å². The molecule has 0 heterocycles. The van der Waals surface area contributed by atoms with Crippen LogP contribution >= 0.6 is 15.6 Å². The third kappa shape index (κ3) is 68.6. The number of hydrogen-bond acceptors (Lipinski definition) is 14. The molecule has 0 spiro atoms. The fourth-order valence-corrected chi connectivity index (χ4v) is 10.3. The molecule has 0 aliphatic rings. The SMILES string of the molecule is CC/C=C\C/C=C\C/C=C\C/C=C\CCCCCCCCC(=O)OCC(COP(=O)(O)OCC(O)COP(=O)(O)OCC(O)COC(=O)CCCCCCC/C=C\C/C=C\C/C=C\C/C=C\CCCCC)OC(=O)CCCCCC/C=C\C/C=C\C/C=C\C/C=C\CC. The molecule has 18 heteroatoms. The highest BCUT2D eigenvalue weighted by molar-refractivity contribution is 7.47. The second kappa shape index (κ2) is 67.4. The summed E-state index contributed by atoms with van der Waals surface area (Å²) in [6.07, 6.45) is 80.3. The Morgan fingerprint density at radius 2 is 0.570 bits per heavy atom. The summed E-state index contributed by atoms with van der Waals surface area (Å²) in [6, 6.07) is 0. The fourth-order valence-electron chi connectivity index (χ4n) is 8.71. The van der Waals surface area contributed by atoms with E-state index in [4.69, 9.17) is 32.3 Å². The van der Waals surface area contributed by atoms with Gasteiger partial charge in [-0.1, -0.05) is 237 Å². The summed E-state index contributed by atoms with van der Waals surface area (Å²) >= 11 is 0. The predicted molar refractivity (Wildman–Crippen MR) is 380 cm³/mol. The van der Waals surface area contributed by atoms with E-state index in [1.807, 2.05) is 0 Å². The number of rotatable bonds is 65. The van der Waals surface area contributed by atoms with Crippen LogP contribution in [0.2, 0.25) is 0 Å². The van der Waals surface area contributed by atoms with Crippen LogP contribution in [0.15, 0.2) is 146 Å². The summed E-state index contributed by atoms with van der Waals surface area (Å²) in [6.45, 7) is 2.33. The fraction of sp³-hybridized carbons (Fsp3) is 0.640. The molecule has 0 aromatic rings. The molecule has 0 aliphatic carbocycles. The molecule has 0 amide bonds. The maximum Gasteiger partial charge on any atom is 0.472 e. The van der Waals surface area contributed by atoms with Crippen LogP contribution in [-0.2, 0) is 55.8 Å². The zero-order valence-electron chi connectivity index (χ0n) is 57.4. The molecular weight excluding hydrogens is 1220 g/mol. The van der Waals surface area contributed by atoms with Crippen LogP contribution in [0, 0.1) is 0 Å². The molecule has 0 fully saturated rings. The van der Waals surface area contributed by atoms with E-state index in [0.29, 0.717) is 19.3 Å². The van der Waals surface area contributed by atoms with E-state index in [1.54, 1.807) is 0 Å². The number of aliphatic hydroxyl groups is 2. The van der Waals surface area contributed by atoms with Crippen molar-refractivity contribution in [1.29, 1.82) is 0 Å². The first kappa shape index (κ1) is 88.4. The molecule has 0 aromatic heterocycles. The largest absolute Gasteiger partial charge is 0.472 e. The number of allylic oxidation sites excluding steroid dienone is 24. The van der Waals surface area contributed by atoms with E-state index >= 15 is 0 Å². The predicted octanol–water partition coefficient (Wildman–Crippen LogP) is 19.8. The van der Waals surface area contributed by atoms with Crippen LogP contribution in [0.3, 0.4) is 0 Å². The van der Waals surface area contributed by atoms with Crippen molar-refractivity contribution in [3.05, 3.63) is 146 Å². The van der Waals surface area contributed by atoms with Crippen molar-refractivity contribution in [2.24, 2.45) is 0 Å². The van der Waals surface area contributed by atoms with Crippen molar-refractivity contribution in [3.8, 4) is 0 Å². The molecule has 93 heavy (non-hydrogen) atoms. The Hall–Kier alpha value is -4.57. The summed E-state index contributed by atoms with van der Waals surface area (Å²) in [7, 11) is -9.81. The molecular formula is C75H124O16P2. The van der Waals surface area contributed by atoms with E-state index < -0.39 is 91.5 Å². The van der Waals surface area contributed by atoms with Gasteiger partial charge in [0.2, 0.25) is 0 Å². The van der Waals surface area contributed by atoms with Gasteiger partial charge in [0.1, 0.15) is 25.4 Å². The highest BCUT2D eigenvalue weighted by Gasteiger charge is 2.29.